The molecule has 13 rings (SSSR count). The van der Waals surface area contributed by atoms with Crippen molar-refractivity contribution in [2.75, 3.05) is 81.8 Å². The number of nitrogen functional groups attached to an aromatic ring is 1. The fourth-order valence-corrected chi connectivity index (χ4v) is 16.3. The first-order valence-electron chi connectivity index (χ1n) is 34.8. The quantitative estimate of drug-likeness (QED) is 0.0336. The number of hydroxylamine groups is 4. The number of aliphatic hydroxyl groups is 1. The minimum atomic E-state index is -1.05. The Morgan fingerprint density at radius 3 is 1.34 bits per heavy atom. The number of aromatic amines is 2. The molecule has 22 nitrogen and oxygen atoms in total. The molecular formula is C80H89N13O9S. The van der Waals surface area contributed by atoms with Gasteiger partial charge < -0.3 is 57.2 Å². The van der Waals surface area contributed by atoms with Crippen LogP contribution in [0, 0.1) is 0 Å². The monoisotopic (exact) mass is 1410 g/mol. The summed E-state index contributed by atoms with van der Waals surface area (Å²) >= 11 is 5.97. The lowest BCUT2D eigenvalue weighted by Crippen LogP contribution is -2.54. The van der Waals surface area contributed by atoms with Crippen LogP contribution < -0.4 is 16.4 Å². The van der Waals surface area contributed by atoms with Crippen LogP contribution in [-0.4, -0.2) is 181 Å². The molecule has 0 radical (unpaired) electrons. The van der Waals surface area contributed by atoms with Crippen molar-refractivity contribution in [1.29, 1.82) is 0 Å². The van der Waals surface area contributed by atoms with Crippen molar-refractivity contribution in [3.05, 3.63) is 184 Å². The smallest absolute Gasteiger partial charge is 0.317 e. The van der Waals surface area contributed by atoms with Crippen LogP contribution in [-0.2, 0) is 43.0 Å². The Hall–Kier alpha value is -9.76. The number of hydrogen-bond acceptors (Lipinski definition) is 16. The van der Waals surface area contributed by atoms with E-state index in [9.17, 15) is 45.2 Å². The summed E-state index contributed by atoms with van der Waals surface area (Å²) in [6.45, 7) is 18.9. The molecule has 103 heavy (non-hydrogen) atoms. The van der Waals surface area contributed by atoms with Gasteiger partial charge in [0.15, 0.2) is 5.11 Å². The van der Waals surface area contributed by atoms with Crippen molar-refractivity contribution in [2.24, 2.45) is 0 Å². The Morgan fingerprint density at radius 1 is 0.524 bits per heavy atom. The van der Waals surface area contributed by atoms with E-state index in [1.165, 1.54) is 10.1 Å². The summed E-state index contributed by atoms with van der Waals surface area (Å²) in [4.78, 5) is 62.4. The molecule has 0 spiro atoms. The molecule has 8 bridgehead atoms. The number of benzene rings is 5. The van der Waals surface area contributed by atoms with Crippen molar-refractivity contribution in [2.45, 2.75) is 103 Å². The Bertz CT molecular complexity index is 4810. The average Bonchev–Trinajstić information content (AvgIpc) is 1.56. The van der Waals surface area contributed by atoms with Crippen LogP contribution in [0.15, 0.2) is 133 Å². The van der Waals surface area contributed by atoms with Gasteiger partial charge in [0, 0.05) is 113 Å². The van der Waals surface area contributed by atoms with Crippen LogP contribution in [0.25, 0.3) is 90.9 Å². The number of thiocarbonyl (C=S) groups is 1. The highest BCUT2D eigenvalue weighted by Gasteiger charge is 2.52. The predicted octanol–water partition coefficient (Wildman–Crippen LogP) is 12.8. The van der Waals surface area contributed by atoms with E-state index in [0.29, 0.717) is 45.7 Å². The predicted molar refractivity (Wildman–Crippen MR) is 409 cm³/mol. The molecule has 23 heteroatoms. The summed E-state index contributed by atoms with van der Waals surface area (Å²) in [5, 5.41) is 74.7. The summed E-state index contributed by atoms with van der Waals surface area (Å²) in [7, 11) is 0. The van der Waals surface area contributed by atoms with Gasteiger partial charge in [0.1, 0.15) is 6.23 Å². The second-order valence-electron chi connectivity index (χ2n) is 29.5. The highest BCUT2D eigenvalue weighted by molar-refractivity contribution is 7.80. The Kier molecular flexibility index (Phi) is 19.6. The van der Waals surface area contributed by atoms with Gasteiger partial charge in [-0.15, -0.1) is 0 Å². The van der Waals surface area contributed by atoms with Crippen LogP contribution in [0.1, 0.15) is 113 Å². The lowest BCUT2D eigenvalue weighted by Gasteiger charge is -2.39. The third-order valence-corrected chi connectivity index (χ3v) is 21.3. The zero-order valence-corrected chi connectivity index (χ0v) is 60.2. The molecule has 2 atom stereocenters. The van der Waals surface area contributed by atoms with Gasteiger partial charge >= 0.3 is 17.9 Å². The van der Waals surface area contributed by atoms with Gasteiger partial charge in [0.05, 0.1) is 64.6 Å². The molecule has 5 aromatic carbocycles. The van der Waals surface area contributed by atoms with Gasteiger partial charge in [-0.2, -0.15) is 10.1 Å². The maximum atomic E-state index is 12.4. The molecule has 8 aromatic rings. The maximum absolute atomic E-state index is 12.4. The number of carboxylic acid groups (broad SMARTS) is 3. The number of hydrogen-bond donors (Lipinski definition) is 11. The second kappa shape index (κ2) is 28.1. The number of carbonyl (C=O) groups is 3. The van der Waals surface area contributed by atoms with E-state index in [1.807, 2.05) is 138 Å². The number of aromatic nitrogens is 4. The van der Waals surface area contributed by atoms with Crippen molar-refractivity contribution in [1.82, 2.24) is 49.7 Å². The highest BCUT2D eigenvalue weighted by Crippen LogP contribution is 2.54. The highest BCUT2D eigenvalue weighted by atomic mass is 32.1. The molecule has 1 saturated heterocycles. The fraction of sp³-hybridized carbons (Fsp3) is 0.325. The van der Waals surface area contributed by atoms with Crippen molar-refractivity contribution in [3.8, 4) is 44.5 Å². The minimum absolute atomic E-state index is 0.212. The molecule has 12 N–H and O–H groups in total. The number of aliphatic hydroxyl groups excluding tert-OH is 1. The van der Waals surface area contributed by atoms with Gasteiger partial charge in [-0.3, -0.25) is 34.0 Å². The van der Waals surface area contributed by atoms with E-state index in [0.717, 1.165) is 100 Å². The van der Waals surface area contributed by atoms with E-state index in [-0.39, 0.29) is 65.4 Å². The Labute approximate surface area is 604 Å². The van der Waals surface area contributed by atoms with Crippen LogP contribution in [0.5, 0.6) is 0 Å². The molecule has 3 aromatic heterocycles. The molecule has 5 aliphatic rings. The normalized spacial score (nSPS) is 18.7. The van der Waals surface area contributed by atoms with Crippen LogP contribution >= 0.6 is 12.2 Å². The van der Waals surface area contributed by atoms with Crippen molar-refractivity contribution < 1.29 is 45.2 Å². The summed E-state index contributed by atoms with van der Waals surface area (Å²) in [6, 6.07) is 43.9. The fourth-order valence-electron chi connectivity index (χ4n) is 16.1. The molecule has 1 fully saturated rings. The molecule has 534 valence electrons. The number of rotatable bonds is 15. The zero-order chi connectivity index (χ0) is 73.2. The number of anilines is 3. The first-order chi connectivity index (χ1) is 49.0. The average molecular weight is 1410 g/mol. The zero-order valence-electron chi connectivity index (χ0n) is 59.4. The Morgan fingerprint density at radius 2 is 0.913 bits per heavy atom. The number of carboxylic acids is 3. The summed E-state index contributed by atoms with van der Waals surface area (Å²) in [5.41, 5.74) is 23.1. The summed E-state index contributed by atoms with van der Waals surface area (Å²) in [5.74, 6) is -3.12. The van der Waals surface area contributed by atoms with E-state index in [2.05, 4.69) is 106 Å². The van der Waals surface area contributed by atoms with E-state index in [1.54, 1.807) is 16.7 Å². The van der Waals surface area contributed by atoms with Crippen LogP contribution in [0.2, 0.25) is 0 Å². The molecule has 5 aliphatic heterocycles. The van der Waals surface area contributed by atoms with Crippen molar-refractivity contribution >= 4 is 98.7 Å². The number of fused-ring (bicyclic) bond motifs is 10. The topological polar surface area (TPSA) is 299 Å². The molecule has 0 saturated carbocycles. The molecule has 8 heterocycles. The second-order valence-corrected chi connectivity index (χ2v) is 29.9. The van der Waals surface area contributed by atoms with Crippen LogP contribution in [0.4, 0.5) is 17.1 Å². The van der Waals surface area contributed by atoms with Gasteiger partial charge in [0.25, 0.3) is 0 Å². The maximum Gasteiger partial charge on any atom is 0.317 e. The lowest BCUT2D eigenvalue weighted by molar-refractivity contribution is -0.216. The van der Waals surface area contributed by atoms with E-state index < -0.39 is 52.3 Å². The first-order valence-corrected chi connectivity index (χ1v) is 35.2. The molecular weight excluding hydrogens is 1320 g/mol. The third-order valence-electron chi connectivity index (χ3n) is 21.1. The molecule has 2 unspecified atom stereocenters. The SMILES string of the molecule is CC(O)N1CCN(CC(=O)O)CCN(CC(=O)O)CCN(CC(=O)O)C(Cc2ccc(NC(=S)Nc3ccc(-c4c5nc(c(-c6cccc7c6C(C)(C)N(O)C7(C)C)c6ccc([nH]6)c(-c6ccc(N)cc6)c6nc(c(-c7cccc8c7C(C)(C)N(O)C8(C)C)c7ccc4[nH]7)C=C6)C=C5)cc3)cc2)C1. The number of nitrogens with zero attached hydrogens (tertiary/aromatic N) is 8. The summed E-state index contributed by atoms with van der Waals surface area (Å²) < 4.78 is 0. The number of aliphatic carboxylic acids is 3. The van der Waals surface area contributed by atoms with E-state index in [4.69, 9.17) is 27.9 Å². The first kappa shape index (κ1) is 71.6. The van der Waals surface area contributed by atoms with Crippen molar-refractivity contribution in [3.63, 3.8) is 0 Å². The number of H-pyrrole nitrogens is 2. The standard InChI is InChI=1S/C80H89N13O9S/c1-47(94)90-40-38-88(44-67(95)96)36-37-89(45-68(97)98)39-41-91(46-69(99)100)54(43-90)42-48-16-24-52(25-17-48)82-76(103)83-53-26-20-50(21-27-53)71-61-30-34-65(86-61)72(55-12-10-14-57-74(55)79(6,7)92(101)77(57,2)3)63-32-28-59(84-63)70(49-18-22-51(81)23-19-49)60-29-33-64(85-60)73(66-35-31-62(71)87-66)56-13-11-15-58-75(56)80(8,9)93(102)78(58,4)5/h10-35,47,54,84,87,94,101-102H,36-46,81H2,1-9H3,(H,95,96)(H,97,98)(H,99,100)(H2,82,83,103). The van der Waals surface area contributed by atoms with Gasteiger partial charge in [-0.05, 0) is 216 Å². The van der Waals surface area contributed by atoms with E-state index >= 15 is 0 Å². The number of nitrogens with one attached hydrogen (secondary N) is 4. The Balaban J connectivity index is 0.891. The summed E-state index contributed by atoms with van der Waals surface area (Å²) in [6.07, 6.45) is 7.70. The minimum Gasteiger partial charge on any atom is -0.480 e. The van der Waals surface area contributed by atoms with Gasteiger partial charge in [0.2, 0.25) is 0 Å². The van der Waals surface area contributed by atoms with Gasteiger partial charge in [-0.25, -0.2) is 9.97 Å². The molecule has 0 aliphatic carbocycles. The van der Waals surface area contributed by atoms with Gasteiger partial charge in [-0.1, -0.05) is 72.8 Å². The third kappa shape index (κ3) is 14.0. The number of nitrogens with two attached hydrogens (primary N) is 1. The lowest BCUT2D eigenvalue weighted by atomic mass is 9.84. The van der Waals surface area contributed by atoms with Crippen LogP contribution in [0.3, 0.4) is 0 Å². The molecule has 0 amide bonds. The largest absolute Gasteiger partial charge is 0.480 e.